The highest BCUT2D eigenvalue weighted by molar-refractivity contribution is 4.88. The molecule has 1 aliphatic carbocycles. The number of hydrogen-bond acceptors (Lipinski definition) is 2. The van der Waals surface area contributed by atoms with E-state index in [2.05, 4.69) is 39.9 Å². The molecule has 2 heteroatoms. The molecule has 0 spiro atoms. The third kappa shape index (κ3) is 5.87. The molecule has 0 aromatic heterocycles. The normalized spacial score (nSPS) is 21.5. The molecule has 17 heavy (non-hydrogen) atoms. The molecule has 102 valence electrons. The Hall–Kier alpha value is -0.0800. The van der Waals surface area contributed by atoms with Crippen molar-refractivity contribution in [2.75, 3.05) is 6.54 Å². The van der Waals surface area contributed by atoms with Crippen molar-refractivity contribution in [3.05, 3.63) is 0 Å². The highest BCUT2D eigenvalue weighted by Crippen LogP contribution is 2.31. The Morgan fingerprint density at radius 2 is 1.59 bits per heavy atom. The smallest absolute Gasteiger partial charge is 0.0809 e. The van der Waals surface area contributed by atoms with Crippen molar-refractivity contribution < 1.29 is 4.74 Å². The molecule has 0 atom stereocenters. The Morgan fingerprint density at radius 3 is 2.00 bits per heavy atom. The molecule has 0 saturated heterocycles. The number of nitrogens with one attached hydrogen (secondary N) is 1. The Labute approximate surface area is 108 Å². The van der Waals surface area contributed by atoms with E-state index in [-0.39, 0.29) is 11.1 Å². The molecule has 0 aliphatic heterocycles. The average Bonchev–Trinajstić information content (AvgIpc) is 2.39. The number of rotatable bonds is 4. The van der Waals surface area contributed by atoms with E-state index < -0.39 is 0 Å². The van der Waals surface area contributed by atoms with E-state index in [1.165, 1.54) is 38.5 Å². The van der Waals surface area contributed by atoms with Crippen LogP contribution in [0.5, 0.6) is 0 Å². The van der Waals surface area contributed by atoms with Gasteiger partial charge in [-0.05, 0) is 47.5 Å². The Bertz CT molecular complexity index is 209. The molecule has 1 fully saturated rings. The minimum Gasteiger partial charge on any atom is -0.371 e. The maximum atomic E-state index is 6.29. The summed E-state index contributed by atoms with van der Waals surface area (Å²) in [5.41, 5.74) is 0.261. The lowest BCUT2D eigenvalue weighted by molar-refractivity contribution is -0.0900. The summed E-state index contributed by atoms with van der Waals surface area (Å²) < 4.78 is 6.29. The molecule has 0 aromatic carbocycles. The van der Waals surface area contributed by atoms with Crippen molar-refractivity contribution in [1.82, 2.24) is 5.32 Å². The van der Waals surface area contributed by atoms with Gasteiger partial charge in [0.1, 0.15) is 0 Å². The fourth-order valence-corrected chi connectivity index (χ4v) is 2.64. The Balaban J connectivity index is 2.63. The first kappa shape index (κ1) is 15.0. The maximum absolute atomic E-state index is 6.29. The molecule has 1 rings (SSSR count). The largest absolute Gasteiger partial charge is 0.371 e. The van der Waals surface area contributed by atoms with Crippen LogP contribution in [0, 0.1) is 0 Å². The van der Waals surface area contributed by atoms with Crippen LogP contribution in [0.25, 0.3) is 0 Å². The standard InChI is InChI=1S/C15H31NO/c1-13(2)17-15(12-16-14(3,4)5)10-8-6-7-9-11-15/h13,16H,6-12H2,1-5H3. The summed E-state index contributed by atoms with van der Waals surface area (Å²) in [5.74, 6) is 0. The van der Waals surface area contributed by atoms with Crippen molar-refractivity contribution in [3.8, 4) is 0 Å². The van der Waals surface area contributed by atoms with Gasteiger partial charge in [-0.15, -0.1) is 0 Å². The first-order valence-corrected chi connectivity index (χ1v) is 7.26. The molecule has 0 radical (unpaired) electrons. The molecule has 1 aliphatic rings. The lowest BCUT2D eigenvalue weighted by Crippen LogP contribution is -2.50. The van der Waals surface area contributed by atoms with Crippen LogP contribution in [0.2, 0.25) is 0 Å². The summed E-state index contributed by atoms with van der Waals surface area (Å²) in [6.07, 6.45) is 8.15. The second-order valence-electron chi connectivity index (χ2n) is 6.87. The molecule has 0 amide bonds. The van der Waals surface area contributed by atoms with E-state index in [0.717, 1.165) is 6.54 Å². The van der Waals surface area contributed by atoms with E-state index in [4.69, 9.17) is 4.74 Å². The lowest BCUT2D eigenvalue weighted by atomic mass is 9.92. The van der Waals surface area contributed by atoms with Crippen LogP contribution in [0.1, 0.15) is 73.1 Å². The van der Waals surface area contributed by atoms with E-state index in [9.17, 15) is 0 Å². The van der Waals surface area contributed by atoms with Gasteiger partial charge >= 0.3 is 0 Å². The number of hydrogen-bond donors (Lipinski definition) is 1. The maximum Gasteiger partial charge on any atom is 0.0809 e. The zero-order valence-electron chi connectivity index (χ0n) is 12.4. The summed E-state index contributed by atoms with van der Waals surface area (Å²) >= 11 is 0. The van der Waals surface area contributed by atoms with Crippen molar-refractivity contribution in [2.24, 2.45) is 0 Å². The molecule has 2 nitrogen and oxygen atoms in total. The van der Waals surface area contributed by atoms with E-state index in [1.54, 1.807) is 0 Å². The van der Waals surface area contributed by atoms with Gasteiger partial charge in [0.2, 0.25) is 0 Å². The first-order valence-electron chi connectivity index (χ1n) is 7.26. The molecule has 0 bridgehead atoms. The van der Waals surface area contributed by atoms with Gasteiger partial charge < -0.3 is 10.1 Å². The van der Waals surface area contributed by atoms with Crippen molar-refractivity contribution in [2.45, 2.75) is 90.4 Å². The fraction of sp³-hybridized carbons (Fsp3) is 1.00. The lowest BCUT2D eigenvalue weighted by Gasteiger charge is -2.37. The quantitative estimate of drug-likeness (QED) is 0.754. The SMILES string of the molecule is CC(C)OC1(CNC(C)(C)C)CCCCCC1. The average molecular weight is 241 g/mol. The Kier molecular flexibility index (Phi) is 5.46. The third-order valence-corrected chi connectivity index (χ3v) is 3.44. The van der Waals surface area contributed by atoms with E-state index in [0.29, 0.717) is 6.10 Å². The van der Waals surface area contributed by atoms with Gasteiger partial charge in [-0.2, -0.15) is 0 Å². The van der Waals surface area contributed by atoms with Gasteiger partial charge in [-0.25, -0.2) is 0 Å². The highest BCUT2D eigenvalue weighted by Gasteiger charge is 2.33. The van der Waals surface area contributed by atoms with Crippen LogP contribution in [0.15, 0.2) is 0 Å². The van der Waals surface area contributed by atoms with Crippen molar-refractivity contribution >= 4 is 0 Å². The monoisotopic (exact) mass is 241 g/mol. The molecule has 1 saturated carbocycles. The van der Waals surface area contributed by atoms with Crippen molar-refractivity contribution in [3.63, 3.8) is 0 Å². The highest BCUT2D eigenvalue weighted by atomic mass is 16.5. The van der Waals surface area contributed by atoms with Crippen LogP contribution in [-0.2, 0) is 4.74 Å². The van der Waals surface area contributed by atoms with Crippen LogP contribution in [0.4, 0.5) is 0 Å². The molecule has 0 heterocycles. The van der Waals surface area contributed by atoms with E-state index >= 15 is 0 Å². The third-order valence-electron chi connectivity index (χ3n) is 3.44. The van der Waals surface area contributed by atoms with Gasteiger partial charge in [-0.3, -0.25) is 0 Å². The van der Waals surface area contributed by atoms with Gasteiger partial charge in [0.05, 0.1) is 11.7 Å². The van der Waals surface area contributed by atoms with Gasteiger partial charge in [-0.1, -0.05) is 25.7 Å². The summed E-state index contributed by atoms with van der Waals surface area (Å²) in [7, 11) is 0. The molecular weight excluding hydrogens is 210 g/mol. The zero-order valence-corrected chi connectivity index (χ0v) is 12.4. The minimum atomic E-state index is 0.0813. The summed E-state index contributed by atoms with van der Waals surface area (Å²) in [4.78, 5) is 0. The molecule has 0 unspecified atom stereocenters. The first-order chi connectivity index (χ1) is 7.83. The molecule has 0 aromatic rings. The summed E-state index contributed by atoms with van der Waals surface area (Å²) in [5, 5.41) is 3.64. The van der Waals surface area contributed by atoms with Crippen LogP contribution >= 0.6 is 0 Å². The van der Waals surface area contributed by atoms with Crippen LogP contribution < -0.4 is 5.32 Å². The second-order valence-corrected chi connectivity index (χ2v) is 6.87. The zero-order chi connectivity index (χ0) is 12.9. The van der Waals surface area contributed by atoms with Gasteiger partial charge in [0.25, 0.3) is 0 Å². The number of ether oxygens (including phenoxy) is 1. The topological polar surface area (TPSA) is 21.3 Å². The van der Waals surface area contributed by atoms with Crippen LogP contribution in [0.3, 0.4) is 0 Å². The van der Waals surface area contributed by atoms with E-state index in [1.807, 2.05) is 0 Å². The Morgan fingerprint density at radius 1 is 1.06 bits per heavy atom. The van der Waals surface area contributed by atoms with Crippen molar-refractivity contribution in [1.29, 1.82) is 0 Å². The summed E-state index contributed by atoms with van der Waals surface area (Å²) in [6.45, 7) is 12.0. The summed E-state index contributed by atoms with van der Waals surface area (Å²) in [6, 6.07) is 0. The van der Waals surface area contributed by atoms with Gasteiger partial charge in [0, 0.05) is 12.1 Å². The molecule has 1 N–H and O–H groups in total. The van der Waals surface area contributed by atoms with Crippen LogP contribution in [-0.4, -0.2) is 23.8 Å². The predicted molar refractivity (Wildman–Crippen MR) is 74.4 cm³/mol. The van der Waals surface area contributed by atoms with Gasteiger partial charge in [0.15, 0.2) is 0 Å². The fourth-order valence-electron chi connectivity index (χ4n) is 2.64. The minimum absolute atomic E-state index is 0.0813. The predicted octanol–water partition coefficient (Wildman–Crippen LogP) is 3.89. The molecular formula is C15H31NO. The second kappa shape index (κ2) is 6.19.